The third-order valence-electron chi connectivity index (χ3n) is 5.52. The maximum atomic E-state index is 12.9. The number of likely N-dealkylation sites (N-methyl/N-ethyl adjacent to an activating group) is 2. The van der Waals surface area contributed by atoms with Gasteiger partial charge in [0.15, 0.2) is 4.91 Å². The van der Waals surface area contributed by atoms with Crippen molar-refractivity contribution in [1.82, 2.24) is 9.80 Å². The number of halogens is 3. The van der Waals surface area contributed by atoms with Gasteiger partial charge in [0.05, 0.1) is 5.69 Å². The summed E-state index contributed by atoms with van der Waals surface area (Å²) in [5, 5.41) is 0. The highest BCUT2D eigenvalue weighted by molar-refractivity contribution is 7.96. The van der Waals surface area contributed by atoms with Gasteiger partial charge in [-0.15, -0.1) is 0 Å². The molecule has 1 aromatic rings. The molecule has 1 aromatic carbocycles. The van der Waals surface area contributed by atoms with E-state index in [1.165, 1.54) is 12.5 Å². The van der Waals surface area contributed by atoms with Crippen molar-refractivity contribution in [1.29, 1.82) is 0 Å². The first-order valence-electron chi connectivity index (χ1n) is 10.8. The van der Waals surface area contributed by atoms with Gasteiger partial charge in [-0.25, -0.2) is 4.72 Å². The highest BCUT2D eigenvalue weighted by Crippen LogP contribution is 2.28. The van der Waals surface area contributed by atoms with Gasteiger partial charge in [0.1, 0.15) is 11.4 Å². The molecule has 0 saturated heterocycles. The molecule has 0 saturated carbocycles. The molecule has 8 heteroatoms. The Kier molecular flexibility index (Phi) is 11.1. The first kappa shape index (κ1) is 28.7. The summed E-state index contributed by atoms with van der Waals surface area (Å²) in [4.78, 5) is 3.98. The van der Waals surface area contributed by atoms with Crippen LogP contribution in [0.25, 0.3) is 0 Å². The number of rotatable bonds is 12. The lowest BCUT2D eigenvalue weighted by molar-refractivity contribution is -0.0933. The second-order valence-corrected chi connectivity index (χ2v) is 9.48. The van der Waals surface area contributed by atoms with Gasteiger partial charge in [0.2, 0.25) is 0 Å². The minimum atomic E-state index is -4.34. The number of anilines is 1. The van der Waals surface area contributed by atoms with E-state index < -0.39 is 23.1 Å². The zero-order valence-corrected chi connectivity index (χ0v) is 21.3. The fourth-order valence-corrected chi connectivity index (χ4v) is 3.70. The molecule has 0 heterocycles. The predicted molar refractivity (Wildman–Crippen MR) is 134 cm³/mol. The summed E-state index contributed by atoms with van der Waals surface area (Å²) in [5.41, 5.74) is 2.77. The second kappa shape index (κ2) is 12.8. The van der Waals surface area contributed by atoms with Gasteiger partial charge < -0.3 is 14.4 Å². The summed E-state index contributed by atoms with van der Waals surface area (Å²) >= 11 is -1.44. The molecular formula is C25H36F3N3OS. The number of nitrogens with one attached hydrogen (secondary N) is 1. The van der Waals surface area contributed by atoms with Crippen LogP contribution in [0.2, 0.25) is 0 Å². The number of hydrogen-bond acceptors (Lipinski definition) is 4. The Labute approximate surface area is 199 Å². The number of aryl methyl sites for hydroxylation is 1. The van der Waals surface area contributed by atoms with Crippen molar-refractivity contribution in [3.8, 4) is 0 Å². The monoisotopic (exact) mass is 483 g/mol. The normalized spacial score (nSPS) is 13.8. The fraction of sp³-hybridized carbons (Fsp3) is 0.440. The number of hydrogen-bond donors (Lipinski definition) is 1. The number of nitrogens with zero attached hydrogens (tertiary/aromatic N) is 2. The summed E-state index contributed by atoms with van der Waals surface area (Å²) in [5.74, 6) is 0. The van der Waals surface area contributed by atoms with Crippen LogP contribution >= 0.6 is 0 Å². The number of benzene rings is 1. The summed E-state index contributed by atoms with van der Waals surface area (Å²) in [6, 6.07) is 7.85. The molecule has 0 aliphatic rings. The van der Waals surface area contributed by atoms with Crippen LogP contribution in [-0.4, -0.2) is 47.7 Å². The quantitative estimate of drug-likeness (QED) is 0.276. The topological polar surface area (TPSA) is 41.6 Å². The van der Waals surface area contributed by atoms with Crippen molar-refractivity contribution in [2.45, 2.75) is 46.7 Å². The molecule has 1 rings (SSSR count). The van der Waals surface area contributed by atoms with Crippen LogP contribution in [-0.2, 0) is 17.8 Å². The van der Waals surface area contributed by atoms with Crippen LogP contribution < -0.4 is 4.72 Å². The summed E-state index contributed by atoms with van der Waals surface area (Å²) in [6.45, 7) is 15.3. The smallest absolute Gasteiger partial charge is 0.414 e. The van der Waals surface area contributed by atoms with E-state index in [1.54, 1.807) is 32.0 Å². The average molecular weight is 484 g/mol. The van der Waals surface area contributed by atoms with E-state index in [0.717, 1.165) is 25.5 Å². The van der Waals surface area contributed by atoms with Crippen molar-refractivity contribution < 1.29 is 17.7 Å². The van der Waals surface area contributed by atoms with Crippen molar-refractivity contribution >= 4 is 17.0 Å². The summed E-state index contributed by atoms with van der Waals surface area (Å²) < 4.78 is 54.3. The van der Waals surface area contributed by atoms with Crippen LogP contribution in [0.5, 0.6) is 0 Å². The SMILES string of the molecule is C=C(/C=C(\C)[S+]([O-])Nc1ccc(CCC)cc1)C(=C)N(C)CCN(C)/C(C)=C(/C)C(F)(F)F. The molecule has 0 aliphatic heterocycles. The van der Waals surface area contributed by atoms with Gasteiger partial charge in [0.25, 0.3) is 0 Å². The molecular weight excluding hydrogens is 447 g/mol. The molecule has 1 unspecified atom stereocenters. The molecule has 33 heavy (non-hydrogen) atoms. The molecule has 0 aromatic heterocycles. The summed E-state index contributed by atoms with van der Waals surface area (Å²) in [6.07, 6.45) is -0.562. The van der Waals surface area contributed by atoms with Crippen LogP contribution in [0.15, 0.2) is 70.9 Å². The van der Waals surface area contributed by atoms with E-state index in [9.17, 15) is 17.7 Å². The van der Waals surface area contributed by atoms with Crippen molar-refractivity contribution in [2.75, 3.05) is 31.9 Å². The maximum absolute atomic E-state index is 12.9. The first-order chi connectivity index (χ1) is 15.3. The molecule has 0 amide bonds. The largest absolute Gasteiger partial charge is 0.588 e. The number of allylic oxidation sites excluding steroid dienone is 4. The van der Waals surface area contributed by atoms with E-state index in [1.807, 2.05) is 29.2 Å². The Hall–Kier alpha value is -2.32. The first-order valence-corrected chi connectivity index (χ1v) is 11.9. The lowest BCUT2D eigenvalue weighted by atomic mass is 10.1. The molecule has 0 spiro atoms. The van der Waals surface area contributed by atoms with Gasteiger partial charge in [-0.3, -0.25) is 0 Å². The molecule has 0 fully saturated rings. The van der Waals surface area contributed by atoms with E-state index in [0.29, 0.717) is 29.3 Å². The fourth-order valence-electron chi connectivity index (χ4n) is 2.94. The van der Waals surface area contributed by atoms with Crippen LogP contribution in [0, 0.1) is 0 Å². The van der Waals surface area contributed by atoms with Crippen LogP contribution in [0.3, 0.4) is 0 Å². The maximum Gasteiger partial charge on any atom is 0.414 e. The minimum absolute atomic E-state index is 0.181. The van der Waals surface area contributed by atoms with Gasteiger partial charge in [0, 0.05) is 51.1 Å². The zero-order chi connectivity index (χ0) is 25.3. The van der Waals surface area contributed by atoms with Crippen LogP contribution in [0.1, 0.15) is 39.7 Å². The predicted octanol–water partition coefficient (Wildman–Crippen LogP) is 6.41. The molecule has 184 valence electrons. The average Bonchev–Trinajstić information content (AvgIpc) is 2.76. The van der Waals surface area contributed by atoms with Crippen molar-refractivity contribution in [3.63, 3.8) is 0 Å². The van der Waals surface area contributed by atoms with E-state index in [4.69, 9.17) is 0 Å². The number of alkyl halides is 3. The lowest BCUT2D eigenvalue weighted by Crippen LogP contribution is -2.31. The third-order valence-corrected chi connectivity index (χ3v) is 6.64. The Morgan fingerprint density at radius 3 is 2.12 bits per heavy atom. The Morgan fingerprint density at radius 2 is 1.61 bits per heavy atom. The van der Waals surface area contributed by atoms with Crippen molar-refractivity contribution in [3.05, 3.63) is 76.5 Å². The van der Waals surface area contributed by atoms with Crippen molar-refractivity contribution in [2.24, 2.45) is 0 Å². The van der Waals surface area contributed by atoms with Gasteiger partial charge in [-0.05, 0) is 49.6 Å². The van der Waals surface area contributed by atoms with E-state index in [-0.39, 0.29) is 5.70 Å². The minimum Gasteiger partial charge on any atom is -0.588 e. The highest BCUT2D eigenvalue weighted by atomic mass is 32.2. The zero-order valence-electron chi connectivity index (χ0n) is 20.5. The molecule has 0 bridgehead atoms. The van der Waals surface area contributed by atoms with Gasteiger partial charge in [-0.1, -0.05) is 38.6 Å². The van der Waals surface area contributed by atoms with E-state index >= 15 is 0 Å². The van der Waals surface area contributed by atoms with Gasteiger partial charge in [-0.2, -0.15) is 13.2 Å². The van der Waals surface area contributed by atoms with Gasteiger partial charge >= 0.3 is 6.18 Å². The Bertz CT molecular complexity index is 876. The summed E-state index contributed by atoms with van der Waals surface area (Å²) in [7, 11) is 3.43. The molecule has 4 nitrogen and oxygen atoms in total. The highest BCUT2D eigenvalue weighted by Gasteiger charge is 2.32. The molecule has 0 aliphatic carbocycles. The van der Waals surface area contributed by atoms with Crippen LogP contribution in [0.4, 0.5) is 18.9 Å². The molecule has 0 radical (unpaired) electrons. The standard InChI is InChI=1S/C25H36F3N3OS/c1-9-10-23-11-13-24(14-12-23)29-33(32)19(3)17-18(2)21(5)30(7)15-16-31(8)22(6)20(4)25(26,27)28/h11-14,17,29H,2,5,9-10,15-16H2,1,3-4,6-8H3/b19-17+,22-20-. The molecule has 1 N–H and O–H groups in total. The third kappa shape index (κ3) is 9.21. The Balaban J connectivity index is 2.68. The lowest BCUT2D eigenvalue weighted by Gasteiger charge is -2.28. The van der Waals surface area contributed by atoms with E-state index in [2.05, 4.69) is 24.8 Å². The molecule has 1 atom stereocenters. The second-order valence-electron chi connectivity index (χ2n) is 8.10. The Morgan fingerprint density at radius 1 is 1.06 bits per heavy atom.